The molecule has 1 heterocycles. The molecule has 4 rings (SSSR count). The van der Waals surface area contributed by atoms with Gasteiger partial charge in [-0.2, -0.15) is 4.31 Å². The minimum atomic E-state index is -3.61. The van der Waals surface area contributed by atoms with E-state index in [2.05, 4.69) is 0 Å². The molecule has 2 aliphatic rings. The lowest BCUT2D eigenvalue weighted by Gasteiger charge is -2.34. The van der Waals surface area contributed by atoms with Gasteiger partial charge in [-0.25, -0.2) is 12.8 Å². The van der Waals surface area contributed by atoms with Crippen LogP contribution in [0.25, 0.3) is 0 Å². The first kappa shape index (κ1) is 21.3. The topological polar surface area (TPSA) is 57.7 Å². The van der Waals surface area contributed by atoms with Crippen LogP contribution in [0.4, 0.5) is 4.39 Å². The summed E-state index contributed by atoms with van der Waals surface area (Å²) in [6.07, 6.45) is 2.80. The van der Waals surface area contributed by atoms with Gasteiger partial charge in [0.2, 0.25) is 15.9 Å². The van der Waals surface area contributed by atoms with Crippen molar-refractivity contribution in [2.45, 2.75) is 43.2 Å². The van der Waals surface area contributed by atoms with E-state index in [1.54, 1.807) is 35.2 Å². The molecule has 0 aromatic heterocycles. The van der Waals surface area contributed by atoms with Crippen molar-refractivity contribution in [1.82, 2.24) is 9.21 Å². The number of carbonyl (C=O) groups is 1. The van der Waals surface area contributed by atoms with E-state index in [9.17, 15) is 17.6 Å². The van der Waals surface area contributed by atoms with Crippen LogP contribution in [-0.2, 0) is 21.4 Å². The summed E-state index contributed by atoms with van der Waals surface area (Å²) >= 11 is 5.86. The van der Waals surface area contributed by atoms with Gasteiger partial charge in [0, 0.05) is 42.2 Å². The Kier molecular flexibility index (Phi) is 6.14. The summed E-state index contributed by atoms with van der Waals surface area (Å²) in [6.45, 7) is 0.846. The van der Waals surface area contributed by atoms with Crippen molar-refractivity contribution in [2.75, 3.05) is 13.1 Å². The number of halogens is 2. The predicted molar refractivity (Wildman–Crippen MR) is 113 cm³/mol. The average molecular weight is 451 g/mol. The molecule has 2 aromatic carbocycles. The average Bonchev–Trinajstić information content (AvgIpc) is 3.58. The fourth-order valence-corrected chi connectivity index (χ4v) is 5.51. The lowest BCUT2D eigenvalue weighted by atomic mass is 9.96. The lowest BCUT2D eigenvalue weighted by Crippen LogP contribution is -2.44. The van der Waals surface area contributed by atoms with Crippen LogP contribution < -0.4 is 0 Å². The van der Waals surface area contributed by atoms with Gasteiger partial charge in [-0.1, -0.05) is 29.8 Å². The lowest BCUT2D eigenvalue weighted by molar-refractivity contribution is -0.138. The van der Waals surface area contributed by atoms with Crippen LogP contribution in [0.5, 0.6) is 0 Å². The fourth-order valence-electron chi connectivity index (χ4n) is 3.92. The van der Waals surface area contributed by atoms with Gasteiger partial charge in [-0.05, 0) is 56.0 Å². The third kappa shape index (κ3) is 4.53. The first-order valence-electron chi connectivity index (χ1n) is 10.2. The Morgan fingerprint density at radius 2 is 1.67 bits per heavy atom. The number of benzene rings is 2. The summed E-state index contributed by atoms with van der Waals surface area (Å²) in [6, 6.07) is 12.8. The maximum atomic E-state index is 14.1. The maximum Gasteiger partial charge on any atom is 0.243 e. The zero-order chi connectivity index (χ0) is 21.3. The third-order valence-electron chi connectivity index (χ3n) is 5.82. The van der Waals surface area contributed by atoms with Gasteiger partial charge in [-0.3, -0.25) is 4.79 Å². The van der Waals surface area contributed by atoms with E-state index in [-0.39, 0.29) is 35.1 Å². The summed E-state index contributed by atoms with van der Waals surface area (Å²) < 4.78 is 41.2. The SMILES string of the molecule is O=C(C1CCN(S(=O)(=O)c2ccc(Cl)cc2)CC1)N(Cc1ccccc1F)C1CC1. The molecule has 0 radical (unpaired) electrons. The molecule has 2 fully saturated rings. The minimum Gasteiger partial charge on any atom is -0.335 e. The molecule has 0 unspecified atom stereocenters. The number of hydrogen-bond donors (Lipinski definition) is 0. The van der Waals surface area contributed by atoms with E-state index in [4.69, 9.17) is 11.6 Å². The second kappa shape index (κ2) is 8.65. The second-order valence-electron chi connectivity index (χ2n) is 7.92. The summed E-state index contributed by atoms with van der Waals surface area (Å²) in [5, 5.41) is 0.480. The van der Waals surface area contributed by atoms with Crippen LogP contribution in [0.3, 0.4) is 0 Å². The Hall–Kier alpha value is -1.96. The standard InChI is InChI=1S/C22H24ClFN2O3S/c23-18-5-9-20(10-6-18)30(28,29)25-13-11-16(12-14-25)22(27)26(19-7-8-19)15-17-3-1-2-4-21(17)24/h1-6,9-10,16,19H,7-8,11-15H2. The second-order valence-corrected chi connectivity index (χ2v) is 10.3. The zero-order valence-corrected chi connectivity index (χ0v) is 18.1. The molecule has 0 bridgehead atoms. The van der Waals surface area contributed by atoms with E-state index in [1.165, 1.54) is 22.5 Å². The van der Waals surface area contributed by atoms with Gasteiger partial charge >= 0.3 is 0 Å². The molecule has 1 saturated heterocycles. The van der Waals surface area contributed by atoms with Gasteiger partial charge < -0.3 is 4.90 Å². The van der Waals surface area contributed by atoms with E-state index < -0.39 is 10.0 Å². The van der Waals surface area contributed by atoms with Crippen LogP contribution in [0.15, 0.2) is 53.4 Å². The van der Waals surface area contributed by atoms with Crippen molar-refractivity contribution >= 4 is 27.5 Å². The van der Waals surface area contributed by atoms with Crippen molar-refractivity contribution < 1.29 is 17.6 Å². The van der Waals surface area contributed by atoms with Crippen LogP contribution in [0.1, 0.15) is 31.2 Å². The molecule has 1 saturated carbocycles. The van der Waals surface area contributed by atoms with E-state index in [0.29, 0.717) is 36.5 Å². The van der Waals surface area contributed by atoms with Crippen molar-refractivity contribution in [3.8, 4) is 0 Å². The third-order valence-corrected chi connectivity index (χ3v) is 7.99. The van der Waals surface area contributed by atoms with E-state index >= 15 is 0 Å². The molecular weight excluding hydrogens is 427 g/mol. The van der Waals surface area contributed by atoms with Gasteiger partial charge in [0.25, 0.3) is 0 Å². The largest absolute Gasteiger partial charge is 0.335 e. The Morgan fingerprint density at radius 1 is 1.03 bits per heavy atom. The molecule has 5 nitrogen and oxygen atoms in total. The number of sulfonamides is 1. The Labute approximate surface area is 181 Å². The molecule has 30 heavy (non-hydrogen) atoms. The predicted octanol–water partition coefficient (Wildman–Crippen LogP) is 4.07. The van der Waals surface area contributed by atoms with Gasteiger partial charge in [-0.15, -0.1) is 0 Å². The molecule has 160 valence electrons. The fraction of sp³-hybridized carbons (Fsp3) is 0.409. The van der Waals surface area contributed by atoms with E-state index in [0.717, 1.165) is 12.8 Å². The Balaban J connectivity index is 1.42. The normalized spacial score (nSPS) is 18.3. The van der Waals surface area contributed by atoms with Crippen molar-refractivity contribution in [2.24, 2.45) is 5.92 Å². The monoisotopic (exact) mass is 450 g/mol. The molecule has 1 aliphatic carbocycles. The molecule has 8 heteroatoms. The Bertz CT molecular complexity index is 1020. The quantitative estimate of drug-likeness (QED) is 0.666. The summed E-state index contributed by atoms with van der Waals surface area (Å²) in [5.74, 6) is -0.543. The van der Waals surface area contributed by atoms with Crippen molar-refractivity contribution in [3.05, 3.63) is 64.9 Å². The minimum absolute atomic E-state index is 0.00398. The van der Waals surface area contributed by atoms with Gasteiger partial charge in [0.1, 0.15) is 5.82 Å². The zero-order valence-electron chi connectivity index (χ0n) is 16.5. The number of hydrogen-bond acceptors (Lipinski definition) is 3. The van der Waals surface area contributed by atoms with E-state index in [1.807, 2.05) is 0 Å². The highest BCUT2D eigenvalue weighted by Gasteiger charge is 2.38. The number of amides is 1. The molecule has 2 aromatic rings. The number of rotatable bonds is 6. The maximum absolute atomic E-state index is 14.1. The highest BCUT2D eigenvalue weighted by Crippen LogP contribution is 2.33. The van der Waals surface area contributed by atoms with Crippen molar-refractivity contribution in [1.29, 1.82) is 0 Å². The number of nitrogens with zero attached hydrogens (tertiary/aromatic N) is 2. The highest BCUT2D eigenvalue weighted by molar-refractivity contribution is 7.89. The number of carbonyl (C=O) groups excluding carboxylic acids is 1. The molecule has 0 N–H and O–H groups in total. The molecular formula is C22H24ClFN2O3S. The first-order chi connectivity index (χ1) is 14.4. The first-order valence-corrected chi connectivity index (χ1v) is 12.0. The smallest absolute Gasteiger partial charge is 0.243 e. The molecule has 1 amide bonds. The van der Waals surface area contributed by atoms with Crippen LogP contribution in [-0.4, -0.2) is 42.7 Å². The van der Waals surface area contributed by atoms with Gasteiger partial charge in [0.15, 0.2) is 0 Å². The van der Waals surface area contributed by atoms with Crippen LogP contribution in [0, 0.1) is 11.7 Å². The van der Waals surface area contributed by atoms with Crippen molar-refractivity contribution in [3.63, 3.8) is 0 Å². The van der Waals surface area contributed by atoms with Crippen LogP contribution >= 0.6 is 11.6 Å². The number of piperidine rings is 1. The van der Waals surface area contributed by atoms with Gasteiger partial charge in [0.05, 0.1) is 4.90 Å². The Morgan fingerprint density at radius 3 is 2.27 bits per heavy atom. The highest BCUT2D eigenvalue weighted by atomic mass is 35.5. The summed E-state index contributed by atoms with van der Waals surface area (Å²) in [7, 11) is -3.61. The molecule has 0 atom stereocenters. The summed E-state index contributed by atoms with van der Waals surface area (Å²) in [4.78, 5) is 15.2. The molecule has 0 spiro atoms. The summed E-state index contributed by atoms with van der Waals surface area (Å²) in [5.41, 5.74) is 0.514. The molecule has 1 aliphatic heterocycles. The van der Waals surface area contributed by atoms with Crippen LogP contribution in [0.2, 0.25) is 5.02 Å².